The van der Waals surface area contributed by atoms with Crippen LogP contribution in [-0.2, 0) is 30.4 Å². The number of carbonyl (C=O) groups is 1. The third kappa shape index (κ3) is 3.72. The fourth-order valence-electron chi connectivity index (χ4n) is 3.18. The SMILES string of the molecule is COC(=O)[C@@H]1CON(Cc2ccccc2)C1CC1(C)OCCO1. The van der Waals surface area contributed by atoms with Crippen molar-refractivity contribution in [3.8, 4) is 0 Å². The average Bonchev–Trinajstić information content (AvgIpc) is 3.15. The number of benzene rings is 1. The quantitative estimate of drug-likeness (QED) is 0.770. The summed E-state index contributed by atoms with van der Waals surface area (Å²) < 4.78 is 16.3. The molecule has 1 aromatic rings. The lowest BCUT2D eigenvalue weighted by Crippen LogP contribution is -2.42. The summed E-state index contributed by atoms with van der Waals surface area (Å²) in [6.07, 6.45) is 0.555. The molecule has 0 bridgehead atoms. The predicted octanol–water partition coefficient (Wildman–Crippen LogP) is 1.74. The van der Waals surface area contributed by atoms with Crippen molar-refractivity contribution in [2.45, 2.75) is 31.7 Å². The van der Waals surface area contributed by atoms with Gasteiger partial charge in [-0.1, -0.05) is 30.3 Å². The maximum absolute atomic E-state index is 12.1. The Labute approximate surface area is 136 Å². The van der Waals surface area contributed by atoms with Gasteiger partial charge < -0.3 is 14.2 Å². The Hall–Kier alpha value is -1.47. The molecule has 6 nitrogen and oxygen atoms in total. The van der Waals surface area contributed by atoms with Gasteiger partial charge >= 0.3 is 5.97 Å². The van der Waals surface area contributed by atoms with Crippen LogP contribution in [0.4, 0.5) is 0 Å². The van der Waals surface area contributed by atoms with Crippen molar-refractivity contribution in [1.82, 2.24) is 5.06 Å². The Morgan fingerprint density at radius 1 is 1.30 bits per heavy atom. The number of hydroxylamine groups is 2. The summed E-state index contributed by atoms with van der Waals surface area (Å²) in [6.45, 7) is 3.99. The van der Waals surface area contributed by atoms with Crippen LogP contribution in [-0.4, -0.2) is 49.8 Å². The van der Waals surface area contributed by atoms with E-state index < -0.39 is 5.79 Å². The summed E-state index contributed by atoms with van der Waals surface area (Å²) in [5.41, 5.74) is 1.13. The van der Waals surface area contributed by atoms with Gasteiger partial charge in [0.15, 0.2) is 5.79 Å². The zero-order chi connectivity index (χ0) is 16.3. The molecule has 2 aliphatic heterocycles. The molecular weight excluding hydrogens is 298 g/mol. The molecule has 23 heavy (non-hydrogen) atoms. The standard InChI is InChI=1S/C17H23NO5/c1-17(21-8-9-22-17)10-15-14(16(19)20-2)12-23-18(15)11-13-6-4-3-5-7-13/h3-7,14-15H,8-12H2,1-2H3/t14-,15?/m1/s1. The first-order valence-corrected chi connectivity index (χ1v) is 7.90. The lowest BCUT2D eigenvalue weighted by molar-refractivity contribution is -0.190. The van der Waals surface area contributed by atoms with Crippen molar-refractivity contribution in [2.24, 2.45) is 5.92 Å². The van der Waals surface area contributed by atoms with Crippen LogP contribution < -0.4 is 0 Å². The van der Waals surface area contributed by atoms with E-state index in [0.29, 0.717) is 32.8 Å². The molecule has 0 amide bonds. The van der Waals surface area contributed by atoms with E-state index >= 15 is 0 Å². The first-order chi connectivity index (χ1) is 11.1. The van der Waals surface area contributed by atoms with E-state index in [1.54, 1.807) is 0 Å². The smallest absolute Gasteiger partial charge is 0.312 e. The first kappa shape index (κ1) is 16.4. The molecule has 0 N–H and O–H groups in total. The summed E-state index contributed by atoms with van der Waals surface area (Å²) in [5, 5.41) is 1.85. The second-order valence-electron chi connectivity index (χ2n) is 6.09. The zero-order valence-electron chi connectivity index (χ0n) is 13.6. The van der Waals surface area contributed by atoms with Crippen LogP contribution in [0.1, 0.15) is 18.9 Å². The number of carbonyl (C=O) groups excluding carboxylic acids is 1. The zero-order valence-corrected chi connectivity index (χ0v) is 13.6. The summed E-state index contributed by atoms with van der Waals surface area (Å²) in [7, 11) is 1.41. The molecule has 0 aliphatic carbocycles. The van der Waals surface area contributed by atoms with Gasteiger partial charge in [0.25, 0.3) is 0 Å². The molecule has 0 saturated carbocycles. The van der Waals surface area contributed by atoms with Crippen molar-refractivity contribution in [1.29, 1.82) is 0 Å². The van der Waals surface area contributed by atoms with Gasteiger partial charge in [-0.05, 0) is 12.5 Å². The van der Waals surface area contributed by atoms with E-state index in [9.17, 15) is 4.79 Å². The fraction of sp³-hybridized carbons (Fsp3) is 0.588. The van der Waals surface area contributed by atoms with Crippen LogP contribution in [0.2, 0.25) is 0 Å². The average molecular weight is 321 g/mol. The maximum atomic E-state index is 12.1. The Morgan fingerprint density at radius 3 is 2.65 bits per heavy atom. The van der Waals surface area contributed by atoms with Crippen molar-refractivity contribution in [3.63, 3.8) is 0 Å². The number of rotatable bonds is 5. The van der Waals surface area contributed by atoms with Crippen LogP contribution >= 0.6 is 0 Å². The number of ether oxygens (including phenoxy) is 3. The van der Waals surface area contributed by atoms with E-state index in [0.717, 1.165) is 5.56 Å². The van der Waals surface area contributed by atoms with Crippen molar-refractivity contribution in [3.05, 3.63) is 35.9 Å². The van der Waals surface area contributed by atoms with Crippen LogP contribution in [0, 0.1) is 5.92 Å². The van der Waals surface area contributed by atoms with Gasteiger partial charge in [-0.15, -0.1) is 0 Å². The summed E-state index contributed by atoms with van der Waals surface area (Å²) in [5.74, 6) is -1.28. The lowest BCUT2D eigenvalue weighted by Gasteiger charge is -2.31. The van der Waals surface area contributed by atoms with Gasteiger partial charge in [0, 0.05) is 13.0 Å². The Kier molecular flexibility index (Phi) is 4.96. The highest BCUT2D eigenvalue weighted by molar-refractivity contribution is 5.73. The normalized spacial score (nSPS) is 27.2. The minimum Gasteiger partial charge on any atom is -0.469 e. The maximum Gasteiger partial charge on any atom is 0.312 e. The minimum absolute atomic E-state index is 0.147. The topological polar surface area (TPSA) is 57.2 Å². The molecule has 6 heteroatoms. The second kappa shape index (κ2) is 6.97. The van der Waals surface area contributed by atoms with Crippen molar-refractivity contribution in [2.75, 3.05) is 26.9 Å². The van der Waals surface area contributed by atoms with Crippen LogP contribution in [0.15, 0.2) is 30.3 Å². The fourth-order valence-corrected chi connectivity index (χ4v) is 3.18. The van der Waals surface area contributed by atoms with E-state index in [-0.39, 0.29) is 17.9 Å². The molecule has 2 heterocycles. The largest absolute Gasteiger partial charge is 0.469 e. The number of esters is 1. The molecule has 1 unspecified atom stereocenters. The molecule has 0 aromatic heterocycles. The van der Waals surface area contributed by atoms with E-state index in [1.165, 1.54) is 7.11 Å². The van der Waals surface area contributed by atoms with Gasteiger partial charge in [0.1, 0.15) is 5.92 Å². The van der Waals surface area contributed by atoms with Crippen LogP contribution in [0.25, 0.3) is 0 Å². The van der Waals surface area contributed by atoms with Gasteiger partial charge in [-0.25, -0.2) is 0 Å². The Bertz CT molecular complexity index is 529. The number of nitrogens with zero attached hydrogens (tertiary/aromatic N) is 1. The Balaban J connectivity index is 1.75. The van der Waals surface area contributed by atoms with E-state index in [4.69, 9.17) is 19.0 Å². The highest BCUT2D eigenvalue weighted by Crippen LogP contribution is 2.34. The molecule has 2 saturated heterocycles. The number of hydrogen-bond acceptors (Lipinski definition) is 6. The highest BCUT2D eigenvalue weighted by atomic mass is 16.7. The molecule has 0 radical (unpaired) electrons. The van der Waals surface area contributed by atoms with Crippen molar-refractivity contribution < 1.29 is 23.8 Å². The molecule has 2 aliphatic rings. The van der Waals surface area contributed by atoms with E-state index in [1.807, 2.05) is 42.3 Å². The summed E-state index contributed by atoms with van der Waals surface area (Å²) in [6, 6.07) is 9.88. The monoisotopic (exact) mass is 321 g/mol. The van der Waals surface area contributed by atoms with Gasteiger partial charge in [0.05, 0.1) is 33.0 Å². The molecule has 3 rings (SSSR count). The third-order valence-corrected chi connectivity index (χ3v) is 4.42. The molecular formula is C17H23NO5. The second-order valence-corrected chi connectivity index (χ2v) is 6.09. The number of hydrogen-bond donors (Lipinski definition) is 0. The highest BCUT2D eigenvalue weighted by Gasteiger charge is 2.46. The van der Waals surface area contributed by atoms with Gasteiger partial charge in [0.2, 0.25) is 0 Å². The summed E-state index contributed by atoms with van der Waals surface area (Å²) in [4.78, 5) is 17.9. The van der Waals surface area contributed by atoms with E-state index in [2.05, 4.69) is 0 Å². The molecule has 0 spiro atoms. The van der Waals surface area contributed by atoms with Crippen LogP contribution in [0.3, 0.4) is 0 Å². The predicted molar refractivity (Wildman–Crippen MR) is 82.2 cm³/mol. The molecule has 2 atom stereocenters. The molecule has 1 aromatic carbocycles. The van der Waals surface area contributed by atoms with Gasteiger partial charge in [-0.3, -0.25) is 9.63 Å². The lowest BCUT2D eigenvalue weighted by atomic mass is 9.94. The van der Waals surface area contributed by atoms with Crippen LogP contribution in [0.5, 0.6) is 0 Å². The first-order valence-electron chi connectivity index (χ1n) is 7.90. The van der Waals surface area contributed by atoms with Gasteiger partial charge in [-0.2, -0.15) is 5.06 Å². The summed E-state index contributed by atoms with van der Waals surface area (Å²) >= 11 is 0. The molecule has 126 valence electrons. The Morgan fingerprint density at radius 2 is 2.00 bits per heavy atom. The minimum atomic E-state index is -0.681. The van der Waals surface area contributed by atoms with Crippen molar-refractivity contribution >= 4 is 5.97 Å². The third-order valence-electron chi connectivity index (χ3n) is 4.42. The number of methoxy groups -OCH3 is 1. The molecule has 2 fully saturated rings.